The van der Waals surface area contributed by atoms with Gasteiger partial charge in [0.1, 0.15) is 18.3 Å². The van der Waals surface area contributed by atoms with Crippen molar-refractivity contribution in [2.75, 3.05) is 24.5 Å². The number of halogens is 2. The lowest BCUT2D eigenvalue weighted by Crippen LogP contribution is -2.51. The summed E-state index contributed by atoms with van der Waals surface area (Å²) in [6, 6.07) is 18.1. The van der Waals surface area contributed by atoms with Crippen LogP contribution in [0.1, 0.15) is 25.8 Å². The molecule has 8 nitrogen and oxygen atoms in total. The molecule has 0 radical (unpaired) electrons. The van der Waals surface area contributed by atoms with E-state index in [1.54, 1.807) is 43.3 Å². The SMILES string of the molecule is CCCNC(=O)[C@@H](C)N(Cc1cccc(Cl)c1)C(=O)CN(c1ccc(Cl)cc1)S(=O)(=O)c1ccc(OC)cc1. The molecule has 39 heavy (non-hydrogen) atoms. The van der Waals surface area contributed by atoms with E-state index >= 15 is 0 Å². The first-order valence-corrected chi connectivity index (χ1v) is 14.5. The minimum absolute atomic E-state index is 0.0267. The van der Waals surface area contributed by atoms with Crippen LogP contribution in [0.2, 0.25) is 10.0 Å². The number of rotatable bonds is 12. The zero-order chi connectivity index (χ0) is 28.6. The summed E-state index contributed by atoms with van der Waals surface area (Å²) in [7, 11) is -2.71. The number of hydrogen-bond acceptors (Lipinski definition) is 5. The molecule has 1 N–H and O–H groups in total. The average molecular weight is 593 g/mol. The third kappa shape index (κ3) is 7.88. The van der Waals surface area contributed by atoms with Crippen LogP contribution < -0.4 is 14.4 Å². The number of sulfonamides is 1. The largest absolute Gasteiger partial charge is 0.497 e. The van der Waals surface area contributed by atoms with Crippen LogP contribution >= 0.6 is 23.2 Å². The Bertz CT molecular complexity index is 1380. The van der Waals surface area contributed by atoms with Crippen LogP contribution in [0, 0.1) is 0 Å². The number of carbonyl (C=O) groups excluding carboxylic acids is 2. The summed E-state index contributed by atoms with van der Waals surface area (Å²) in [5.74, 6) is -0.424. The number of benzene rings is 3. The number of amides is 2. The molecule has 0 aliphatic carbocycles. The topological polar surface area (TPSA) is 96.0 Å². The van der Waals surface area contributed by atoms with Gasteiger partial charge in [-0.1, -0.05) is 42.3 Å². The third-order valence-corrected chi connectivity index (χ3v) is 8.27. The molecule has 0 aromatic heterocycles. The zero-order valence-corrected chi connectivity index (χ0v) is 24.3. The fourth-order valence-electron chi connectivity index (χ4n) is 3.82. The summed E-state index contributed by atoms with van der Waals surface area (Å²) < 4.78 is 33.8. The first-order valence-electron chi connectivity index (χ1n) is 12.3. The molecule has 3 rings (SSSR count). The second kappa shape index (κ2) is 13.7. The number of anilines is 1. The van der Waals surface area contributed by atoms with E-state index in [1.165, 1.54) is 48.4 Å². The maximum absolute atomic E-state index is 13.8. The van der Waals surface area contributed by atoms with Crippen LogP contribution in [0.5, 0.6) is 5.75 Å². The van der Waals surface area contributed by atoms with E-state index < -0.39 is 28.5 Å². The molecule has 0 saturated carbocycles. The van der Waals surface area contributed by atoms with Crippen LogP contribution in [0.3, 0.4) is 0 Å². The number of methoxy groups -OCH3 is 1. The number of carbonyl (C=O) groups is 2. The van der Waals surface area contributed by atoms with Crippen LogP contribution in [0.25, 0.3) is 0 Å². The molecule has 0 spiro atoms. The standard InChI is InChI=1S/C28H31Cl2N3O5S/c1-4-16-31-28(35)20(2)32(18-21-6-5-7-23(30)17-21)27(34)19-33(24-10-8-22(29)9-11-24)39(36,37)26-14-12-25(38-3)13-15-26/h5-15,17,20H,4,16,18-19H2,1-3H3,(H,31,35)/t20-/m1/s1. The number of nitrogens with zero attached hydrogens (tertiary/aromatic N) is 2. The lowest BCUT2D eigenvalue weighted by molar-refractivity contribution is -0.139. The lowest BCUT2D eigenvalue weighted by Gasteiger charge is -2.32. The van der Waals surface area contributed by atoms with Gasteiger partial charge >= 0.3 is 0 Å². The second-order valence-electron chi connectivity index (χ2n) is 8.78. The molecule has 0 aliphatic rings. The van der Waals surface area contributed by atoms with E-state index in [4.69, 9.17) is 27.9 Å². The molecular weight excluding hydrogens is 561 g/mol. The summed E-state index contributed by atoms with van der Waals surface area (Å²) in [4.78, 5) is 28.1. The minimum atomic E-state index is -4.19. The van der Waals surface area contributed by atoms with Gasteiger partial charge in [0.15, 0.2) is 0 Å². The minimum Gasteiger partial charge on any atom is -0.497 e. The number of ether oxygens (including phenoxy) is 1. The molecule has 0 unspecified atom stereocenters. The second-order valence-corrected chi connectivity index (χ2v) is 11.5. The van der Waals surface area contributed by atoms with Gasteiger partial charge in [-0.25, -0.2) is 8.42 Å². The van der Waals surface area contributed by atoms with Gasteiger partial charge in [-0.05, 0) is 79.6 Å². The van der Waals surface area contributed by atoms with Gasteiger partial charge in [-0.2, -0.15) is 0 Å². The Kier molecular flexibility index (Phi) is 10.6. The molecule has 0 heterocycles. The van der Waals surface area contributed by atoms with Gasteiger partial charge < -0.3 is 15.0 Å². The van der Waals surface area contributed by atoms with Gasteiger partial charge in [0.05, 0.1) is 17.7 Å². The molecule has 3 aromatic rings. The summed E-state index contributed by atoms with van der Waals surface area (Å²) in [6.45, 7) is 3.48. The van der Waals surface area contributed by atoms with Gasteiger partial charge in [0.25, 0.3) is 10.0 Å². The first-order chi connectivity index (χ1) is 18.6. The van der Waals surface area contributed by atoms with Crippen molar-refractivity contribution in [3.63, 3.8) is 0 Å². The number of hydrogen-bond donors (Lipinski definition) is 1. The number of nitrogens with one attached hydrogen (secondary N) is 1. The molecule has 208 valence electrons. The molecule has 3 aromatic carbocycles. The van der Waals surface area contributed by atoms with E-state index in [1.807, 2.05) is 6.92 Å². The molecule has 2 amide bonds. The summed E-state index contributed by atoms with van der Waals surface area (Å²) in [5, 5.41) is 3.70. The monoisotopic (exact) mass is 591 g/mol. The Morgan fingerprint density at radius 1 is 0.974 bits per heavy atom. The van der Waals surface area contributed by atoms with Gasteiger partial charge in [-0.15, -0.1) is 0 Å². The summed E-state index contributed by atoms with van der Waals surface area (Å²) in [5.41, 5.74) is 0.941. The maximum atomic E-state index is 13.8. The van der Waals surface area contributed by atoms with Crippen LogP contribution in [-0.4, -0.2) is 51.4 Å². The normalized spacial score (nSPS) is 11.9. The predicted molar refractivity (Wildman–Crippen MR) is 154 cm³/mol. The van der Waals surface area contributed by atoms with Crippen molar-refractivity contribution in [3.8, 4) is 5.75 Å². The fourth-order valence-corrected chi connectivity index (χ4v) is 5.57. The van der Waals surface area contributed by atoms with Gasteiger partial charge in [-0.3, -0.25) is 13.9 Å². The highest BCUT2D eigenvalue weighted by Gasteiger charge is 2.32. The van der Waals surface area contributed by atoms with Gasteiger partial charge in [0, 0.05) is 23.1 Å². The molecule has 11 heteroatoms. The Hall–Kier alpha value is -3.27. The average Bonchev–Trinajstić information content (AvgIpc) is 2.93. The summed E-state index contributed by atoms with van der Waals surface area (Å²) in [6.07, 6.45) is 0.727. The highest BCUT2D eigenvalue weighted by molar-refractivity contribution is 7.92. The molecule has 0 bridgehead atoms. The van der Waals surface area contributed by atoms with Crippen LogP contribution in [0.4, 0.5) is 5.69 Å². The van der Waals surface area contributed by atoms with Crippen molar-refractivity contribution in [2.24, 2.45) is 0 Å². The first kappa shape index (κ1) is 30.3. The molecule has 1 atom stereocenters. The maximum Gasteiger partial charge on any atom is 0.264 e. The zero-order valence-electron chi connectivity index (χ0n) is 21.9. The molecule has 0 fully saturated rings. The van der Waals surface area contributed by atoms with Gasteiger partial charge in [0.2, 0.25) is 11.8 Å². The molecule has 0 saturated heterocycles. The Morgan fingerprint density at radius 3 is 2.23 bits per heavy atom. The Balaban J connectivity index is 2.01. The van der Waals surface area contributed by atoms with Crippen molar-refractivity contribution < 1.29 is 22.7 Å². The Morgan fingerprint density at radius 2 is 1.64 bits per heavy atom. The fraction of sp³-hybridized carbons (Fsp3) is 0.286. The molecule has 0 aliphatic heterocycles. The Labute approximate surface area is 239 Å². The van der Waals surface area contributed by atoms with Crippen LogP contribution in [0.15, 0.2) is 77.7 Å². The highest BCUT2D eigenvalue weighted by atomic mass is 35.5. The van der Waals surface area contributed by atoms with E-state index in [9.17, 15) is 18.0 Å². The van der Waals surface area contributed by atoms with Crippen molar-refractivity contribution in [2.45, 2.75) is 37.8 Å². The quantitative estimate of drug-likeness (QED) is 0.314. The van der Waals surface area contributed by atoms with E-state index in [0.29, 0.717) is 27.9 Å². The lowest BCUT2D eigenvalue weighted by atomic mass is 10.1. The van der Waals surface area contributed by atoms with Crippen molar-refractivity contribution in [3.05, 3.63) is 88.4 Å². The third-order valence-electron chi connectivity index (χ3n) is 6.00. The van der Waals surface area contributed by atoms with E-state index in [-0.39, 0.29) is 23.0 Å². The van der Waals surface area contributed by atoms with Crippen molar-refractivity contribution in [1.82, 2.24) is 10.2 Å². The predicted octanol–water partition coefficient (Wildman–Crippen LogP) is 5.14. The van der Waals surface area contributed by atoms with Crippen molar-refractivity contribution in [1.29, 1.82) is 0 Å². The summed E-state index contributed by atoms with van der Waals surface area (Å²) >= 11 is 12.2. The van der Waals surface area contributed by atoms with E-state index in [0.717, 1.165) is 10.7 Å². The molecular formula is C28H31Cl2N3O5S. The highest BCUT2D eigenvalue weighted by Crippen LogP contribution is 2.27. The van der Waals surface area contributed by atoms with Crippen LogP contribution in [-0.2, 0) is 26.2 Å². The van der Waals surface area contributed by atoms with E-state index in [2.05, 4.69) is 5.32 Å². The smallest absolute Gasteiger partial charge is 0.264 e. The van der Waals surface area contributed by atoms with Crippen molar-refractivity contribution >= 4 is 50.7 Å².